The quantitative estimate of drug-likeness (QED) is 0.340. The van der Waals surface area contributed by atoms with Crippen LogP contribution in [0.15, 0.2) is 48.5 Å². The summed E-state index contributed by atoms with van der Waals surface area (Å²) >= 11 is 5.71. The summed E-state index contributed by atoms with van der Waals surface area (Å²) in [7, 11) is 0. The van der Waals surface area contributed by atoms with Gasteiger partial charge in [-0.2, -0.15) is 0 Å². The van der Waals surface area contributed by atoms with Gasteiger partial charge in [-0.15, -0.1) is 0 Å². The van der Waals surface area contributed by atoms with Crippen LogP contribution in [0.3, 0.4) is 0 Å². The Bertz CT molecular complexity index is 921. The topological polar surface area (TPSA) is 68.9 Å². The van der Waals surface area contributed by atoms with Crippen LogP contribution in [0.2, 0.25) is 5.02 Å². The van der Waals surface area contributed by atoms with E-state index in [2.05, 4.69) is 9.19 Å². The van der Waals surface area contributed by atoms with E-state index in [4.69, 9.17) is 11.6 Å². The molecule has 0 radical (unpaired) electrons. The van der Waals surface area contributed by atoms with Crippen molar-refractivity contribution >= 4 is 26.3 Å². The zero-order chi connectivity index (χ0) is 18.9. The van der Waals surface area contributed by atoms with E-state index in [0.29, 0.717) is 5.02 Å². The third-order valence-corrected chi connectivity index (χ3v) is 6.39. The Hall–Kier alpha value is -2.01. The van der Waals surface area contributed by atoms with Gasteiger partial charge >= 0.3 is 163 Å². The Morgan fingerprint density at radius 1 is 1.12 bits per heavy atom. The Morgan fingerprint density at radius 3 is 2.31 bits per heavy atom. The van der Waals surface area contributed by atoms with E-state index < -0.39 is 11.5 Å². The maximum absolute atomic E-state index is 11.9. The fourth-order valence-electron chi connectivity index (χ4n) is 2.94. The van der Waals surface area contributed by atoms with Crippen molar-refractivity contribution in [2.75, 3.05) is 0 Å². The monoisotopic (exact) mass is 435 g/mol. The summed E-state index contributed by atoms with van der Waals surface area (Å²) in [6.07, 6.45) is 0. The maximum atomic E-state index is 11.9. The number of rotatable bonds is 5. The molecular formula is C19H18ClN3O2Se. The minimum atomic E-state index is -1.18. The molecule has 0 aliphatic heterocycles. The zero-order valence-electron chi connectivity index (χ0n) is 14.6. The van der Waals surface area contributed by atoms with Crippen LogP contribution in [0.1, 0.15) is 35.3 Å². The standard InChI is InChI=1S/C19H18ClN3O2Se/c1-12-4-6-13(7-5-12)16(19(2,3)23(24)25)18-17(21-22-26-18)14-8-10-15(20)11-9-14/h4-11,16H,1-3H3. The molecule has 0 saturated heterocycles. The van der Waals surface area contributed by atoms with Crippen LogP contribution in [0, 0.1) is 17.0 Å². The molecule has 0 spiro atoms. The molecule has 134 valence electrons. The Balaban J connectivity index is 2.18. The second-order valence-corrected chi connectivity index (χ2v) is 8.83. The van der Waals surface area contributed by atoms with E-state index in [1.165, 1.54) is 0 Å². The molecule has 1 unspecified atom stereocenters. The van der Waals surface area contributed by atoms with Crippen molar-refractivity contribution in [3.05, 3.63) is 79.2 Å². The molecule has 1 aromatic heterocycles. The summed E-state index contributed by atoms with van der Waals surface area (Å²) in [6.45, 7) is 5.33. The summed E-state index contributed by atoms with van der Waals surface area (Å²) in [5.74, 6) is -0.404. The normalized spacial score (nSPS) is 12.8. The van der Waals surface area contributed by atoms with Gasteiger partial charge in [-0.05, 0) is 0 Å². The third-order valence-electron chi connectivity index (χ3n) is 4.48. The average Bonchev–Trinajstić information content (AvgIpc) is 3.06. The molecule has 1 atom stereocenters. The number of hydrogen-bond donors (Lipinski definition) is 0. The summed E-state index contributed by atoms with van der Waals surface area (Å²) in [5, 5.41) is 16.8. The number of aryl methyl sites for hydroxylation is 1. The molecule has 2 aromatic carbocycles. The van der Waals surface area contributed by atoms with Gasteiger partial charge < -0.3 is 0 Å². The van der Waals surface area contributed by atoms with Crippen molar-refractivity contribution in [1.82, 2.24) is 9.19 Å². The Labute approximate surface area is 163 Å². The minimum absolute atomic E-state index is 0.210. The van der Waals surface area contributed by atoms with Crippen LogP contribution in [-0.4, -0.2) is 34.4 Å². The second kappa shape index (κ2) is 7.31. The molecule has 5 nitrogen and oxygen atoms in total. The molecular weight excluding hydrogens is 417 g/mol. The van der Waals surface area contributed by atoms with E-state index in [1.54, 1.807) is 26.0 Å². The zero-order valence-corrected chi connectivity index (χ0v) is 17.1. The predicted molar refractivity (Wildman–Crippen MR) is 104 cm³/mol. The molecule has 1 heterocycles. The van der Waals surface area contributed by atoms with E-state index in [-0.39, 0.29) is 19.7 Å². The van der Waals surface area contributed by atoms with Gasteiger partial charge in [0.25, 0.3) is 0 Å². The van der Waals surface area contributed by atoms with Crippen LogP contribution in [-0.2, 0) is 0 Å². The molecule has 0 amide bonds. The molecule has 0 bridgehead atoms. The summed E-state index contributed by atoms with van der Waals surface area (Å²) in [5.41, 5.74) is 2.45. The van der Waals surface area contributed by atoms with Crippen LogP contribution in [0.5, 0.6) is 0 Å². The summed E-state index contributed by atoms with van der Waals surface area (Å²) < 4.78 is 5.16. The Kier molecular flexibility index (Phi) is 5.28. The summed E-state index contributed by atoms with van der Waals surface area (Å²) in [4.78, 5) is 11.6. The van der Waals surface area contributed by atoms with Gasteiger partial charge in [0.1, 0.15) is 0 Å². The van der Waals surface area contributed by atoms with Crippen molar-refractivity contribution < 1.29 is 4.92 Å². The SMILES string of the molecule is Cc1ccc(C(c2[se]nnc2-c2ccc(Cl)cc2)C(C)(C)[N+](=O)[O-])cc1. The van der Waals surface area contributed by atoms with Crippen molar-refractivity contribution in [3.63, 3.8) is 0 Å². The van der Waals surface area contributed by atoms with Crippen LogP contribution >= 0.6 is 11.6 Å². The van der Waals surface area contributed by atoms with Crippen molar-refractivity contribution in [1.29, 1.82) is 0 Å². The number of aromatic nitrogens is 2. The van der Waals surface area contributed by atoms with Gasteiger partial charge in [-0.3, -0.25) is 0 Å². The summed E-state index contributed by atoms with van der Waals surface area (Å²) in [6, 6.07) is 15.2. The van der Waals surface area contributed by atoms with E-state index in [1.807, 2.05) is 43.3 Å². The fourth-order valence-corrected chi connectivity index (χ4v) is 5.13. The molecule has 0 saturated carbocycles. The van der Waals surface area contributed by atoms with Crippen LogP contribution in [0.4, 0.5) is 0 Å². The van der Waals surface area contributed by atoms with Gasteiger partial charge in [0, 0.05) is 0 Å². The van der Waals surface area contributed by atoms with Crippen molar-refractivity contribution in [3.8, 4) is 11.3 Å². The number of nitrogens with zero attached hydrogens (tertiary/aromatic N) is 3. The van der Waals surface area contributed by atoms with Gasteiger partial charge in [0.05, 0.1) is 0 Å². The number of hydrogen-bond acceptors (Lipinski definition) is 4. The van der Waals surface area contributed by atoms with Crippen LogP contribution in [0.25, 0.3) is 11.3 Å². The second-order valence-electron chi connectivity index (χ2n) is 6.75. The van der Waals surface area contributed by atoms with E-state index >= 15 is 0 Å². The van der Waals surface area contributed by atoms with E-state index in [9.17, 15) is 10.1 Å². The number of benzene rings is 2. The number of halogens is 1. The van der Waals surface area contributed by atoms with E-state index in [0.717, 1.165) is 26.8 Å². The van der Waals surface area contributed by atoms with Crippen LogP contribution < -0.4 is 0 Å². The van der Waals surface area contributed by atoms with Crippen molar-refractivity contribution in [2.45, 2.75) is 32.2 Å². The average molecular weight is 435 g/mol. The molecule has 0 aliphatic carbocycles. The third kappa shape index (κ3) is 3.58. The molecule has 0 fully saturated rings. The molecule has 7 heteroatoms. The van der Waals surface area contributed by atoms with Gasteiger partial charge in [-0.25, -0.2) is 0 Å². The molecule has 3 rings (SSSR count). The van der Waals surface area contributed by atoms with Gasteiger partial charge in [0.2, 0.25) is 0 Å². The first-order chi connectivity index (χ1) is 12.3. The van der Waals surface area contributed by atoms with Gasteiger partial charge in [-0.1, -0.05) is 0 Å². The van der Waals surface area contributed by atoms with Gasteiger partial charge in [0.15, 0.2) is 0 Å². The molecule has 3 aromatic rings. The number of nitro groups is 1. The molecule has 0 N–H and O–H groups in total. The first-order valence-electron chi connectivity index (χ1n) is 8.10. The fraction of sp³-hybridized carbons (Fsp3) is 0.263. The Morgan fingerprint density at radius 2 is 1.73 bits per heavy atom. The first kappa shape index (κ1) is 18.8. The molecule has 0 aliphatic rings. The molecule has 26 heavy (non-hydrogen) atoms. The first-order valence-corrected chi connectivity index (χ1v) is 10.1. The predicted octanol–water partition coefficient (Wildman–Crippen LogP) is 4.35. The van der Waals surface area contributed by atoms with Crippen molar-refractivity contribution in [2.24, 2.45) is 0 Å².